The maximum Gasteiger partial charge on any atom is 0.416 e. The van der Waals surface area contributed by atoms with Crippen molar-refractivity contribution in [2.45, 2.75) is 12.8 Å². The molecule has 0 aliphatic heterocycles. The molecule has 0 unspecified atom stereocenters. The number of rotatable bonds is 7. The fraction of sp³-hybridized carbons (Fsp3) is 0.125. The Morgan fingerprint density at radius 1 is 1.06 bits per heavy atom. The number of alkyl halides is 3. The van der Waals surface area contributed by atoms with Gasteiger partial charge in [-0.1, -0.05) is 24.3 Å². The standard InChI is InChI=1S/C24H20F3NO4/c1-31-22-12-6-16(14-21(22)29)7-13-23(30)28-20-5-3-2-4-17(20)15-32-19-10-8-18(9-11-19)24(25,26)27/h2-14,29H,15H2,1H3,(H,28,30). The summed E-state index contributed by atoms with van der Waals surface area (Å²) < 4.78 is 48.5. The van der Waals surface area contributed by atoms with E-state index in [1.165, 1.54) is 37.5 Å². The van der Waals surface area contributed by atoms with E-state index in [1.807, 2.05) is 0 Å². The van der Waals surface area contributed by atoms with Gasteiger partial charge in [-0.3, -0.25) is 4.79 Å². The molecule has 3 aromatic rings. The van der Waals surface area contributed by atoms with Crippen molar-refractivity contribution in [1.29, 1.82) is 0 Å². The molecule has 32 heavy (non-hydrogen) atoms. The number of nitrogens with one attached hydrogen (secondary N) is 1. The Balaban J connectivity index is 1.63. The SMILES string of the molecule is COc1ccc(C=CC(=O)Nc2ccccc2COc2ccc(C(F)(F)F)cc2)cc1O. The lowest BCUT2D eigenvalue weighted by Crippen LogP contribution is -2.10. The van der Waals surface area contributed by atoms with Crippen LogP contribution in [0.25, 0.3) is 6.08 Å². The number of methoxy groups -OCH3 is 1. The first-order chi connectivity index (χ1) is 15.3. The molecular formula is C24H20F3NO4. The van der Waals surface area contributed by atoms with Crippen molar-refractivity contribution >= 4 is 17.7 Å². The van der Waals surface area contributed by atoms with E-state index >= 15 is 0 Å². The predicted octanol–water partition coefficient (Wildman–Crippen LogP) is 5.65. The normalized spacial score (nSPS) is 11.4. The number of phenols is 1. The highest BCUT2D eigenvalue weighted by molar-refractivity contribution is 6.02. The van der Waals surface area contributed by atoms with Crippen LogP contribution in [-0.2, 0) is 17.6 Å². The van der Waals surface area contributed by atoms with Crippen molar-refractivity contribution < 1.29 is 32.5 Å². The van der Waals surface area contributed by atoms with Crippen molar-refractivity contribution in [3.63, 3.8) is 0 Å². The Labute approximate surface area is 182 Å². The lowest BCUT2D eigenvalue weighted by atomic mass is 10.1. The molecule has 1 amide bonds. The summed E-state index contributed by atoms with van der Waals surface area (Å²) in [5, 5.41) is 12.5. The number of aromatic hydroxyl groups is 1. The van der Waals surface area contributed by atoms with Gasteiger partial charge in [-0.2, -0.15) is 13.2 Å². The molecule has 0 radical (unpaired) electrons. The molecule has 5 nitrogen and oxygen atoms in total. The summed E-state index contributed by atoms with van der Waals surface area (Å²) in [6.45, 7) is 0.0535. The summed E-state index contributed by atoms with van der Waals surface area (Å²) in [7, 11) is 1.44. The summed E-state index contributed by atoms with van der Waals surface area (Å²) in [6, 6.07) is 16.1. The number of amides is 1. The average Bonchev–Trinajstić information content (AvgIpc) is 2.77. The van der Waals surface area contributed by atoms with Crippen molar-refractivity contribution in [2.24, 2.45) is 0 Å². The van der Waals surface area contributed by atoms with Gasteiger partial charge in [0.05, 0.1) is 12.7 Å². The number of para-hydroxylation sites is 1. The lowest BCUT2D eigenvalue weighted by molar-refractivity contribution is -0.137. The Kier molecular flexibility index (Phi) is 7.04. The first-order valence-corrected chi connectivity index (χ1v) is 9.50. The van der Waals surface area contributed by atoms with Crippen molar-refractivity contribution in [2.75, 3.05) is 12.4 Å². The highest BCUT2D eigenvalue weighted by Crippen LogP contribution is 2.30. The van der Waals surface area contributed by atoms with Crippen LogP contribution < -0.4 is 14.8 Å². The molecule has 3 rings (SSSR count). The van der Waals surface area contributed by atoms with Crippen LogP contribution in [0.4, 0.5) is 18.9 Å². The molecule has 2 N–H and O–H groups in total. The molecule has 8 heteroatoms. The predicted molar refractivity (Wildman–Crippen MR) is 115 cm³/mol. The van der Waals surface area contributed by atoms with Gasteiger partial charge >= 0.3 is 6.18 Å². The Morgan fingerprint density at radius 3 is 2.44 bits per heavy atom. The van der Waals surface area contributed by atoms with Crippen LogP contribution in [0.3, 0.4) is 0 Å². The average molecular weight is 443 g/mol. The van der Waals surface area contributed by atoms with E-state index in [0.29, 0.717) is 22.6 Å². The van der Waals surface area contributed by atoms with Gasteiger partial charge < -0.3 is 19.9 Å². The van der Waals surface area contributed by atoms with Crippen molar-refractivity contribution in [3.05, 3.63) is 89.5 Å². The van der Waals surface area contributed by atoms with Crippen molar-refractivity contribution in [1.82, 2.24) is 0 Å². The highest BCUT2D eigenvalue weighted by atomic mass is 19.4. The topological polar surface area (TPSA) is 67.8 Å². The minimum atomic E-state index is -4.41. The van der Waals surface area contributed by atoms with E-state index in [-0.39, 0.29) is 18.1 Å². The van der Waals surface area contributed by atoms with E-state index in [2.05, 4.69) is 5.32 Å². The minimum Gasteiger partial charge on any atom is -0.504 e. The van der Waals surface area contributed by atoms with Crippen LogP contribution >= 0.6 is 0 Å². The summed E-state index contributed by atoms with van der Waals surface area (Å²) >= 11 is 0. The first kappa shape index (κ1) is 22.7. The second kappa shape index (κ2) is 9.91. The monoisotopic (exact) mass is 443 g/mol. The van der Waals surface area contributed by atoms with Gasteiger partial charge in [0.1, 0.15) is 12.4 Å². The zero-order valence-electron chi connectivity index (χ0n) is 17.0. The van der Waals surface area contributed by atoms with E-state index in [0.717, 1.165) is 12.1 Å². The fourth-order valence-corrected chi connectivity index (χ4v) is 2.83. The zero-order valence-corrected chi connectivity index (χ0v) is 17.0. The summed E-state index contributed by atoms with van der Waals surface area (Å²) in [5.41, 5.74) is 1.01. The lowest BCUT2D eigenvalue weighted by Gasteiger charge is -2.12. The van der Waals surface area contributed by atoms with Crippen molar-refractivity contribution in [3.8, 4) is 17.2 Å². The number of hydrogen-bond acceptors (Lipinski definition) is 4. The van der Waals surface area contributed by atoms with Crippen LogP contribution in [0, 0.1) is 0 Å². The van der Waals surface area contributed by atoms with Gasteiger partial charge in [0.25, 0.3) is 0 Å². The van der Waals surface area contributed by atoms with E-state index in [1.54, 1.807) is 36.4 Å². The van der Waals surface area contributed by atoms with Crippen LogP contribution in [0.1, 0.15) is 16.7 Å². The minimum absolute atomic E-state index is 0.0409. The van der Waals surface area contributed by atoms with Crippen LogP contribution in [0.15, 0.2) is 72.8 Å². The Bertz CT molecular complexity index is 1110. The van der Waals surface area contributed by atoms with Crippen LogP contribution in [-0.4, -0.2) is 18.1 Å². The van der Waals surface area contributed by atoms with Gasteiger partial charge in [-0.05, 0) is 54.1 Å². The number of ether oxygens (including phenoxy) is 2. The zero-order chi connectivity index (χ0) is 23.1. The smallest absolute Gasteiger partial charge is 0.416 e. The number of anilines is 1. The highest BCUT2D eigenvalue weighted by Gasteiger charge is 2.30. The van der Waals surface area contributed by atoms with Gasteiger partial charge in [-0.15, -0.1) is 0 Å². The maximum atomic E-state index is 12.7. The quantitative estimate of drug-likeness (QED) is 0.463. The number of carbonyl (C=O) groups is 1. The molecule has 3 aromatic carbocycles. The molecule has 0 aliphatic carbocycles. The first-order valence-electron chi connectivity index (χ1n) is 9.50. The molecule has 0 heterocycles. The molecule has 0 spiro atoms. The van der Waals surface area contributed by atoms with E-state index < -0.39 is 17.6 Å². The number of halogens is 3. The van der Waals surface area contributed by atoms with Gasteiger partial charge in [0.15, 0.2) is 11.5 Å². The van der Waals surface area contributed by atoms with Crippen LogP contribution in [0.2, 0.25) is 0 Å². The Hall–Kier alpha value is -3.94. The number of benzene rings is 3. The summed E-state index contributed by atoms with van der Waals surface area (Å²) in [5.74, 6) is 0.162. The molecule has 0 aliphatic rings. The Morgan fingerprint density at radius 2 is 1.78 bits per heavy atom. The second-order valence-electron chi connectivity index (χ2n) is 6.72. The van der Waals surface area contributed by atoms with Gasteiger partial charge in [-0.25, -0.2) is 0 Å². The van der Waals surface area contributed by atoms with Gasteiger partial charge in [0, 0.05) is 17.3 Å². The molecule has 0 saturated carbocycles. The molecule has 0 aromatic heterocycles. The molecular weight excluding hydrogens is 423 g/mol. The third-order valence-electron chi connectivity index (χ3n) is 4.48. The fourth-order valence-electron chi connectivity index (χ4n) is 2.83. The molecule has 166 valence electrons. The number of hydrogen-bond donors (Lipinski definition) is 2. The molecule has 0 fully saturated rings. The van der Waals surface area contributed by atoms with E-state index in [9.17, 15) is 23.1 Å². The third-order valence-corrected chi connectivity index (χ3v) is 4.48. The largest absolute Gasteiger partial charge is 0.504 e. The summed E-state index contributed by atoms with van der Waals surface area (Å²) in [6.07, 6.45) is -1.56. The molecule has 0 atom stereocenters. The molecule has 0 saturated heterocycles. The third kappa shape index (κ3) is 6.04. The number of carbonyl (C=O) groups excluding carboxylic acids is 1. The van der Waals surface area contributed by atoms with E-state index in [4.69, 9.17) is 9.47 Å². The second-order valence-corrected chi connectivity index (χ2v) is 6.72. The maximum absolute atomic E-state index is 12.7. The molecule has 0 bridgehead atoms. The summed E-state index contributed by atoms with van der Waals surface area (Å²) in [4.78, 5) is 12.3. The van der Waals surface area contributed by atoms with Gasteiger partial charge in [0.2, 0.25) is 5.91 Å². The van der Waals surface area contributed by atoms with Crippen LogP contribution in [0.5, 0.6) is 17.2 Å². The number of phenolic OH excluding ortho intramolecular Hbond substituents is 1.